The fraction of sp³-hybridized carbons (Fsp3) is 0.562. The van der Waals surface area contributed by atoms with Crippen LogP contribution in [0, 0.1) is 5.92 Å². The number of ether oxygens (including phenoxy) is 1. The highest BCUT2D eigenvalue weighted by Crippen LogP contribution is 2.32. The molecule has 0 spiro atoms. The first-order valence-electron chi connectivity index (χ1n) is 8.04. The molecule has 3 rings (SSSR count). The fourth-order valence-electron chi connectivity index (χ4n) is 3.34. The number of hydrogen-bond acceptors (Lipinski definition) is 5. The van der Waals surface area contributed by atoms with Crippen molar-refractivity contribution in [3.63, 3.8) is 0 Å². The lowest BCUT2D eigenvalue weighted by atomic mass is 9.97. The van der Waals surface area contributed by atoms with Gasteiger partial charge in [0.2, 0.25) is 5.91 Å². The Balaban J connectivity index is 1.73. The number of halogens is 1. The van der Waals surface area contributed by atoms with E-state index < -0.39 is 6.04 Å². The van der Waals surface area contributed by atoms with Gasteiger partial charge in [-0.3, -0.25) is 9.59 Å². The molecule has 1 aromatic rings. The van der Waals surface area contributed by atoms with Gasteiger partial charge in [0.05, 0.1) is 19.9 Å². The monoisotopic (exact) mass is 369 g/mol. The van der Waals surface area contributed by atoms with Crippen molar-refractivity contribution in [3.05, 3.63) is 22.4 Å². The summed E-state index contributed by atoms with van der Waals surface area (Å²) in [7, 11) is 1.53. The Morgan fingerprint density at radius 2 is 2.29 bits per heavy atom. The molecule has 2 heterocycles. The molecule has 2 aliphatic rings. The minimum absolute atomic E-state index is 0.179. The Labute approximate surface area is 149 Å². The van der Waals surface area contributed by atoms with Crippen molar-refractivity contribution in [2.75, 3.05) is 19.0 Å². The molecular formula is C16H20ClN3O3S. The van der Waals surface area contributed by atoms with E-state index in [1.54, 1.807) is 4.90 Å². The summed E-state index contributed by atoms with van der Waals surface area (Å²) in [5.41, 5.74) is 0. The summed E-state index contributed by atoms with van der Waals surface area (Å²) in [6.07, 6.45) is 8.22. The van der Waals surface area contributed by atoms with Gasteiger partial charge in [-0.1, -0.05) is 48.6 Å². The first-order chi connectivity index (χ1) is 11.6. The van der Waals surface area contributed by atoms with Gasteiger partial charge in [0, 0.05) is 6.08 Å². The SMILES string of the molecule is COC1=CC(=O)N(C(CC2CCCC2)C(=O)Nc2ncc(Cl)s2)C1. The van der Waals surface area contributed by atoms with E-state index in [0.717, 1.165) is 12.8 Å². The lowest BCUT2D eigenvalue weighted by Crippen LogP contribution is -2.46. The number of thiazole rings is 1. The van der Waals surface area contributed by atoms with Crippen molar-refractivity contribution >= 4 is 39.9 Å². The Bertz CT molecular complexity index is 655. The second-order valence-corrected chi connectivity index (χ2v) is 7.80. The molecule has 1 aliphatic heterocycles. The van der Waals surface area contributed by atoms with Gasteiger partial charge in [0.25, 0.3) is 5.91 Å². The topological polar surface area (TPSA) is 71.5 Å². The molecule has 0 bridgehead atoms. The molecule has 0 aromatic carbocycles. The van der Waals surface area contributed by atoms with E-state index in [9.17, 15) is 9.59 Å². The molecule has 24 heavy (non-hydrogen) atoms. The van der Waals surface area contributed by atoms with Gasteiger partial charge in [-0.15, -0.1) is 0 Å². The number of nitrogens with one attached hydrogen (secondary N) is 1. The van der Waals surface area contributed by atoms with Gasteiger partial charge in [-0.05, 0) is 12.3 Å². The van der Waals surface area contributed by atoms with Gasteiger partial charge >= 0.3 is 0 Å². The van der Waals surface area contributed by atoms with Gasteiger partial charge in [0.15, 0.2) is 5.13 Å². The molecule has 1 aliphatic carbocycles. The number of hydrogen-bond donors (Lipinski definition) is 1. The van der Waals surface area contributed by atoms with E-state index >= 15 is 0 Å². The van der Waals surface area contributed by atoms with Crippen LogP contribution < -0.4 is 5.32 Å². The summed E-state index contributed by atoms with van der Waals surface area (Å²) in [4.78, 5) is 30.7. The van der Waals surface area contributed by atoms with E-state index in [-0.39, 0.29) is 11.8 Å². The zero-order valence-corrected chi connectivity index (χ0v) is 15.0. The van der Waals surface area contributed by atoms with Crippen LogP contribution in [0.25, 0.3) is 0 Å². The number of rotatable bonds is 6. The van der Waals surface area contributed by atoms with Crippen LogP contribution in [0.5, 0.6) is 0 Å². The van der Waals surface area contributed by atoms with Crippen molar-refractivity contribution in [2.24, 2.45) is 5.92 Å². The van der Waals surface area contributed by atoms with Crippen LogP contribution in [0.3, 0.4) is 0 Å². The van der Waals surface area contributed by atoms with Crippen LogP contribution in [-0.2, 0) is 14.3 Å². The average molecular weight is 370 g/mol. The van der Waals surface area contributed by atoms with E-state index in [0.29, 0.717) is 34.1 Å². The lowest BCUT2D eigenvalue weighted by Gasteiger charge is -2.28. The average Bonchev–Trinajstić information content (AvgIpc) is 3.27. The van der Waals surface area contributed by atoms with Gasteiger partial charge in [-0.2, -0.15) is 0 Å². The normalized spacial score (nSPS) is 19.5. The van der Waals surface area contributed by atoms with E-state index in [1.807, 2.05) is 0 Å². The van der Waals surface area contributed by atoms with Crippen molar-refractivity contribution in [1.82, 2.24) is 9.88 Å². The van der Waals surface area contributed by atoms with Crippen molar-refractivity contribution < 1.29 is 14.3 Å². The fourth-order valence-corrected chi connectivity index (χ4v) is 4.15. The highest BCUT2D eigenvalue weighted by molar-refractivity contribution is 7.19. The smallest absolute Gasteiger partial charge is 0.251 e. The Morgan fingerprint density at radius 3 is 2.88 bits per heavy atom. The summed E-state index contributed by atoms with van der Waals surface area (Å²) in [5, 5.41) is 3.25. The molecule has 2 amide bonds. The Hall–Kier alpha value is -1.60. The number of carbonyl (C=O) groups excluding carboxylic acids is 2. The van der Waals surface area contributed by atoms with Crippen LogP contribution in [-0.4, -0.2) is 41.4 Å². The summed E-state index contributed by atoms with van der Waals surface area (Å²) in [6, 6.07) is -0.521. The standard InChI is InChI=1S/C16H20ClN3O3S/c1-23-11-7-14(21)20(9-11)12(6-10-4-2-3-5-10)15(22)19-16-18-8-13(17)24-16/h7-8,10,12H,2-6,9H2,1H3,(H,18,19,22). The molecule has 8 heteroatoms. The van der Waals surface area contributed by atoms with Crippen molar-refractivity contribution in [2.45, 2.75) is 38.1 Å². The zero-order chi connectivity index (χ0) is 17.1. The van der Waals surface area contributed by atoms with Gasteiger partial charge in [0.1, 0.15) is 16.1 Å². The molecule has 1 aromatic heterocycles. The minimum atomic E-state index is -0.521. The predicted molar refractivity (Wildman–Crippen MR) is 92.9 cm³/mol. The first-order valence-corrected chi connectivity index (χ1v) is 9.23. The summed E-state index contributed by atoms with van der Waals surface area (Å²) in [6.45, 7) is 0.332. The van der Waals surface area contributed by atoms with E-state index in [1.165, 1.54) is 43.6 Å². The molecule has 1 saturated carbocycles. The number of nitrogens with zero attached hydrogens (tertiary/aromatic N) is 2. The molecule has 6 nitrogen and oxygen atoms in total. The number of carbonyl (C=O) groups is 2. The molecule has 1 N–H and O–H groups in total. The number of methoxy groups -OCH3 is 1. The zero-order valence-electron chi connectivity index (χ0n) is 13.5. The maximum Gasteiger partial charge on any atom is 0.251 e. The maximum absolute atomic E-state index is 12.8. The molecule has 0 saturated heterocycles. The predicted octanol–water partition coefficient (Wildman–Crippen LogP) is 3.06. The summed E-state index contributed by atoms with van der Waals surface area (Å²) < 4.78 is 5.68. The van der Waals surface area contributed by atoms with Gasteiger partial charge in [-0.25, -0.2) is 4.98 Å². The van der Waals surface area contributed by atoms with Crippen molar-refractivity contribution in [3.8, 4) is 0 Å². The molecular weight excluding hydrogens is 350 g/mol. The molecule has 130 valence electrons. The maximum atomic E-state index is 12.8. The second kappa shape index (κ2) is 7.53. The number of amides is 2. The Morgan fingerprint density at radius 1 is 1.54 bits per heavy atom. The number of aromatic nitrogens is 1. The molecule has 1 unspecified atom stereocenters. The molecule has 1 atom stereocenters. The highest BCUT2D eigenvalue weighted by Gasteiger charge is 2.36. The third-order valence-electron chi connectivity index (χ3n) is 4.57. The number of anilines is 1. The summed E-state index contributed by atoms with van der Waals surface area (Å²) >= 11 is 7.07. The largest absolute Gasteiger partial charge is 0.499 e. The Kier molecular flexibility index (Phi) is 5.40. The van der Waals surface area contributed by atoms with Gasteiger partial charge < -0.3 is 15.0 Å². The third kappa shape index (κ3) is 3.89. The quantitative estimate of drug-likeness (QED) is 0.836. The summed E-state index contributed by atoms with van der Waals surface area (Å²) in [5.74, 6) is 0.663. The molecule has 0 radical (unpaired) electrons. The van der Waals surface area contributed by atoms with Crippen LogP contribution in [0.1, 0.15) is 32.1 Å². The lowest BCUT2D eigenvalue weighted by molar-refractivity contribution is -0.134. The third-order valence-corrected chi connectivity index (χ3v) is 5.60. The van der Waals surface area contributed by atoms with Crippen LogP contribution in [0.15, 0.2) is 18.0 Å². The van der Waals surface area contributed by atoms with Crippen LogP contribution in [0.2, 0.25) is 4.34 Å². The van der Waals surface area contributed by atoms with E-state index in [2.05, 4.69) is 10.3 Å². The van der Waals surface area contributed by atoms with Crippen molar-refractivity contribution in [1.29, 1.82) is 0 Å². The highest BCUT2D eigenvalue weighted by atomic mass is 35.5. The first kappa shape index (κ1) is 17.2. The van der Waals surface area contributed by atoms with E-state index in [4.69, 9.17) is 16.3 Å². The van der Waals surface area contributed by atoms with Crippen LogP contribution in [0.4, 0.5) is 5.13 Å². The minimum Gasteiger partial charge on any atom is -0.499 e. The second-order valence-electron chi connectivity index (χ2n) is 6.14. The molecule has 1 fully saturated rings. The van der Waals surface area contributed by atoms with Crippen LogP contribution >= 0.6 is 22.9 Å².